The average Bonchev–Trinajstić information content (AvgIpc) is 3.93. The Morgan fingerprint density at radius 3 is 1.27 bits per heavy atom. The van der Waals surface area contributed by atoms with E-state index in [0.717, 1.165) is 56.5 Å². The molecule has 0 radical (unpaired) electrons. The number of carbonyl (C=O) groups excluding carboxylic acids is 2. The number of epoxide rings is 1. The first-order valence-electron chi connectivity index (χ1n) is 20.8. The monoisotopic (exact) mass is 894 g/mol. The molecule has 0 saturated carbocycles. The third-order valence-electron chi connectivity index (χ3n) is 7.90. The summed E-state index contributed by atoms with van der Waals surface area (Å²) in [5.74, 6) is 0.839. The van der Waals surface area contributed by atoms with Crippen molar-refractivity contribution in [1.29, 1.82) is 0 Å². The van der Waals surface area contributed by atoms with Crippen LogP contribution in [0.25, 0.3) is 0 Å². The summed E-state index contributed by atoms with van der Waals surface area (Å²) < 4.78 is 17.4. The van der Waals surface area contributed by atoms with Crippen molar-refractivity contribution in [2.24, 2.45) is 0 Å². The summed E-state index contributed by atoms with van der Waals surface area (Å²) in [6, 6.07) is 40.8. The lowest BCUT2D eigenvalue weighted by Gasteiger charge is -2.23. The SMILES string of the molecule is C=C(CCc1ccccc1)O[Si](C)(C)C.CC(=O)CCc1ccccc1.C[Si](C)(C)Cl.C[Si](C)(C)OC1(CCc2ccccc2)CO1.O.O=C(CO)CCc1ccccc1. The van der Waals surface area contributed by atoms with E-state index in [1.54, 1.807) is 6.92 Å². The molecule has 3 N–H and O–H groups in total. The largest absolute Gasteiger partial charge is 0.548 e. The molecule has 11 heteroatoms. The third-order valence-corrected chi connectivity index (χ3v) is 9.79. The smallest absolute Gasteiger partial charge is 0.241 e. The maximum Gasteiger partial charge on any atom is 0.241 e. The number of aliphatic hydroxyl groups excluding tert-OH is 1. The molecule has 332 valence electrons. The number of benzene rings is 4. The summed E-state index contributed by atoms with van der Waals surface area (Å²) >= 11 is 5.67. The van der Waals surface area contributed by atoms with Gasteiger partial charge < -0.3 is 29.0 Å². The highest BCUT2D eigenvalue weighted by Gasteiger charge is 2.48. The van der Waals surface area contributed by atoms with Crippen molar-refractivity contribution in [3.8, 4) is 0 Å². The molecule has 5 rings (SSSR count). The van der Waals surface area contributed by atoms with Crippen LogP contribution in [-0.2, 0) is 48.9 Å². The minimum atomic E-state index is -1.49. The number of halogens is 1. The predicted molar refractivity (Wildman–Crippen MR) is 261 cm³/mol. The molecule has 1 fully saturated rings. The van der Waals surface area contributed by atoms with Gasteiger partial charge in [0.25, 0.3) is 0 Å². The number of rotatable bonds is 17. The van der Waals surface area contributed by atoms with Crippen molar-refractivity contribution >= 4 is 46.7 Å². The summed E-state index contributed by atoms with van der Waals surface area (Å²) in [5.41, 5.74) is 5.08. The normalized spacial score (nSPS) is 14.0. The Labute approximate surface area is 370 Å². The van der Waals surface area contributed by atoms with E-state index in [0.29, 0.717) is 12.8 Å². The lowest BCUT2D eigenvalue weighted by molar-refractivity contribution is -0.121. The predicted octanol–water partition coefficient (Wildman–Crippen LogP) is 11.8. The molecule has 0 spiro atoms. The van der Waals surface area contributed by atoms with Gasteiger partial charge in [-0.2, -0.15) is 11.1 Å². The van der Waals surface area contributed by atoms with E-state index < -0.39 is 24.0 Å². The van der Waals surface area contributed by atoms with Crippen LogP contribution in [0.15, 0.2) is 134 Å². The maximum atomic E-state index is 10.7. The number of aryl methyl sites for hydroxylation is 4. The summed E-state index contributed by atoms with van der Waals surface area (Å²) in [6.07, 6.45) is 6.63. The zero-order valence-electron chi connectivity index (χ0n) is 38.2. The van der Waals surface area contributed by atoms with Gasteiger partial charge in [-0.3, -0.25) is 4.79 Å². The number of hydrogen-bond donors (Lipinski definition) is 1. The van der Waals surface area contributed by atoms with E-state index in [1.165, 1.54) is 16.7 Å². The van der Waals surface area contributed by atoms with Crippen LogP contribution in [0.2, 0.25) is 58.9 Å². The minimum absolute atomic E-state index is 0. The Hall–Kier alpha value is -3.46. The van der Waals surface area contributed by atoms with Crippen LogP contribution in [-0.4, -0.2) is 65.2 Å². The molecule has 60 heavy (non-hydrogen) atoms. The van der Waals surface area contributed by atoms with E-state index >= 15 is 0 Å². The van der Waals surface area contributed by atoms with Gasteiger partial charge >= 0.3 is 0 Å². The maximum absolute atomic E-state index is 10.7. The summed E-state index contributed by atoms with van der Waals surface area (Å²) in [5, 5.41) is 8.46. The fraction of sp³-hybridized carbons (Fsp3) is 0.429. The molecule has 1 aliphatic heterocycles. The van der Waals surface area contributed by atoms with Crippen molar-refractivity contribution in [2.45, 2.75) is 123 Å². The fourth-order valence-electron chi connectivity index (χ4n) is 5.26. The zero-order valence-corrected chi connectivity index (χ0v) is 41.9. The quantitative estimate of drug-likeness (QED) is 0.0488. The van der Waals surface area contributed by atoms with Gasteiger partial charge in [-0.25, -0.2) is 0 Å². The topological polar surface area (TPSA) is 117 Å². The van der Waals surface area contributed by atoms with Gasteiger partial charge in [0.05, 0.1) is 5.76 Å². The molecular formula is C49H75ClO7Si3. The summed E-state index contributed by atoms with van der Waals surface area (Å²) in [6.45, 7) is 25.5. The third kappa shape index (κ3) is 34.3. The second-order valence-corrected chi connectivity index (χ2v) is 34.0. The van der Waals surface area contributed by atoms with Crippen LogP contribution in [0.1, 0.15) is 54.9 Å². The summed E-state index contributed by atoms with van der Waals surface area (Å²) in [4.78, 5) is 21.4. The molecule has 7 nitrogen and oxygen atoms in total. The van der Waals surface area contributed by atoms with E-state index in [9.17, 15) is 9.59 Å². The first kappa shape index (κ1) is 56.5. The molecular weight excluding hydrogens is 820 g/mol. The van der Waals surface area contributed by atoms with Crippen molar-refractivity contribution < 1.29 is 33.8 Å². The highest BCUT2D eigenvalue weighted by molar-refractivity contribution is 7.18. The van der Waals surface area contributed by atoms with E-state index in [-0.39, 0.29) is 29.4 Å². The van der Waals surface area contributed by atoms with Crippen LogP contribution in [0.3, 0.4) is 0 Å². The lowest BCUT2D eigenvalue weighted by Crippen LogP contribution is -2.34. The highest BCUT2D eigenvalue weighted by Crippen LogP contribution is 2.36. The van der Waals surface area contributed by atoms with Gasteiger partial charge in [-0.05, 0) is 94.1 Å². The molecule has 0 amide bonds. The van der Waals surface area contributed by atoms with Crippen LogP contribution >= 0.6 is 11.1 Å². The second-order valence-electron chi connectivity index (χ2n) is 17.6. The van der Waals surface area contributed by atoms with E-state index in [4.69, 9.17) is 29.8 Å². The summed E-state index contributed by atoms with van der Waals surface area (Å²) in [7, 11) is -4.09. The van der Waals surface area contributed by atoms with Crippen molar-refractivity contribution in [3.05, 3.63) is 156 Å². The number of carbonyl (C=O) groups is 2. The van der Waals surface area contributed by atoms with Crippen molar-refractivity contribution in [2.75, 3.05) is 13.2 Å². The molecule has 1 atom stereocenters. The Kier molecular flexibility index (Phi) is 28.0. The average molecular weight is 896 g/mol. The van der Waals surface area contributed by atoms with Gasteiger partial charge in [-0.1, -0.05) is 148 Å². The number of Topliss-reactive ketones (excluding diaryl/α,β-unsaturated/α-hetero) is 2. The molecule has 1 heterocycles. The highest BCUT2D eigenvalue weighted by atomic mass is 35.6. The first-order valence-corrected chi connectivity index (χ1v) is 32.1. The molecule has 0 bridgehead atoms. The number of ketones is 2. The van der Waals surface area contributed by atoms with Gasteiger partial charge in [0, 0.05) is 25.7 Å². The standard InChI is InChI=1S/C13H20O2Si.C13H20OSi.C10H12O2.C10H12O.C3H9ClSi.H2O/c1-16(2,3)15-13(11-14-13)10-9-12-7-5-4-6-8-12;1-12(14-15(2,3)4)10-11-13-8-6-5-7-9-13;11-8-10(12)7-6-9-4-2-1-3-5-9;1-9(11)7-8-10-5-3-2-4-6-10;1-5(2,3)4;/h4-8H,9-11H2,1-3H3;5-9H,1,10-11H2,2-4H3;1-5,11H,6-8H2;2-6H,7-8H2,1H3;1-3H3;1H2. The van der Waals surface area contributed by atoms with Gasteiger partial charge in [0.15, 0.2) is 19.9 Å². The number of hydrogen-bond acceptors (Lipinski definition) is 6. The molecule has 1 aliphatic rings. The van der Waals surface area contributed by atoms with Gasteiger partial charge in [0.2, 0.25) is 8.32 Å². The number of allylic oxidation sites excluding steroid dienone is 1. The van der Waals surface area contributed by atoms with Crippen LogP contribution in [0.4, 0.5) is 0 Å². The molecule has 1 saturated heterocycles. The van der Waals surface area contributed by atoms with E-state index in [2.05, 4.69) is 114 Å². The van der Waals surface area contributed by atoms with Gasteiger partial charge in [-0.15, -0.1) is 0 Å². The fourth-order valence-corrected chi connectivity index (χ4v) is 7.56. The zero-order chi connectivity index (χ0) is 44.4. The van der Waals surface area contributed by atoms with E-state index in [1.807, 2.05) is 72.8 Å². The van der Waals surface area contributed by atoms with Gasteiger partial charge in [0.1, 0.15) is 26.4 Å². The Balaban J connectivity index is 0.000000747. The Bertz CT molecular complexity index is 1710. The second kappa shape index (κ2) is 29.7. The molecule has 0 aliphatic carbocycles. The molecule has 4 aromatic carbocycles. The Morgan fingerprint density at radius 1 is 0.633 bits per heavy atom. The van der Waals surface area contributed by atoms with Crippen LogP contribution < -0.4 is 0 Å². The number of aliphatic hydroxyl groups is 1. The first-order chi connectivity index (χ1) is 27.6. The van der Waals surface area contributed by atoms with Crippen molar-refractivity contribution in [1.82, 2.24) is 0 Å². The minimum Gasteiger partial charge on any atom is -0.548 e. The lowest BCUT2D eigenvalue weighted by atomic mass is 10.1. The Morgan fingerprint density at radius 2 is 0.967 bits per heavy atom. The van der Waals surface area contributed by atoms with Crippen LogP contribution in [0.5, 0.6) is 0 Å². The van der Waals surface area contributed by atoms with Crippen LogP contribution in [0, 0.1) is 0 Å². The molecule has 1 unspecified atom stereocenters. The van der Waals surface area contributed by atoms with Crippen molar-refractivity contribution in [3.63, 3.8) is 0 Å². The number of ether oxygens (including phenoxy) is 1. The molecule has 0 aromatic heterocycles. The molecule has 4 aromatic rings.